The summed E-state index contributed by atoms with van der Waals surface area (Å²) in [5.41, 5.74) is 0.656. The molecule has 0 saturated carbocycles. The van der Waals surface area contributed by atoms with Gasteiger partial charge in [-0.3, -0.25) is 10.1 Å². The van der Waals surface area contributed by atoms with Crippen molar-refractivity contribution in [2.75, 3.05) is 40.3 Å². The lowest BCUT2D eigenvalue weighted by Crippen LogP contribution is -2.36. The molecule has 0 amide bonds. The number of hydrogen-bond donors (Lipinski definition) is 1. The number of aliphatic hydroxyl groups is 1. The molecule has 2 rings (SSSR count). The molecule has 6 heteroatoms. The van der Waals surface area contributed by atoms with Gasteiger partial charge in [0, 0.05) is 18.7 Å². The molecule has 1 aromatic rings. The molecule has 24 heavy (non-hydrogen) atoms. The minimum Gasteiger partial charge on any atom is -0.387 e. The lowest BCUT2D eigenvalue weighted by Gasteiger charge is -2.33. The van der Waals surface area contributed by atoms with Crippen LogP contribution in [0.25, 0.3) is 0 Å². The molecule has 1 aliphatic heterocycles. The second-order valence-corrected chi connectivity index (χ2v) is 7.06. The van der Waals surface area contributed by atoms with Gasteiger partial charge in [-0.2, -0.15) is 0 Å². The van der Waals surface area contributed by atoms with E-state index in [2.05, 4.69) is 23.9 Å². The van der Waals surface area contributed by atoms with Crippen LogP contribution >= 0.6 is 0 Å². The Morgan fingerprint density at radius 3 is 2.71 bits per heavy atom. The summed E-state index contributed by atoms with van der Waals surface area (Å²) in [4.78, 5) is 14.9. The van der Waals surface area contributed by atoms with E-state index in [0.717, 1.165) is 25.6 Å². The van der Waals surface area contributed by atoms with E-state index in [9.17, 15) is 15.2 Å². The van der Waals surface area contributed by atoms with Crippen LogP contribution in [0.3, 0.4) is 0 Å². The third-order valence-electron chi connectivity index (χ3n) is 4.82. The molecular weight excluding hydrogens is 306 g/mol. The molecule has 0 bridgehead atoms. The average molecular weight is 335 g/mol. The van der Waals surface area contributed by atoms with Crippen molar-refractivity contribution >= 4 is 5.69 Å². The van der Waals surface area contributed by atoms with Gasteiger partial charge in [0.2, 0.25) is 0 Å². The maximum Gasteiger partial charge on any atom is 0.269 e. The third kappa shape index (κ3) is 5.85. The van der Waals surface area contributed by atoms with Crippen molar-refractivity contribution in [1.82, 2.24) is 9.80 Å². The molecule has 0 aromatic heterocycles. The highest BCUT2D eigenvalue weighted by molar-refractivity contribution is 5.35. The van der Waals surface area contributed by atoms with Gasteiger partial charge in [-0.05, 0) is 70.9 Å². The van der Waals surface area contributed by atoms with E-state index in [4.69, 9.17) is 0 Å². The minimum atomic E-state index is -0.671. The van der Waals surface area contributed by atoms with Crippen LogP contribution in [-0.4, -0.2) is 60.1 Å². The predicted molar refractivity (Wildman–Crippen MR) is 95.0 cm³/mol. The molecule has 0 spiro atoms. The van der Waals surface area contributed by atoms with E-state index in [1.54, 1.807) is 12.1 Å². The fourth-order valence-electron chi connectivity index (χ4n) is 3.35. The Bertz CT molecular complexity index is 528. The summed E-state index contributed by atoms with van der Waals surface area (Å²) in [7, 11) is 4.22. The average Bonchev–Trinajstić information content (AvgIpc) is 2.56. The fraction of sp³-hybridized carbons (Fsp3) is 0.667. The van der Waals surface area contributed by atoms with Gasteiger partial charge in [-0.15, -0.1) is 0 Å². The zero-order chi connectivity index (χ0) is 17.5. The number of aliphatic hydroxyl groups excluding tert-OH is 1. The number of nitrogens with zero attached hydrogens (tertiary/aromatic N) is 3. The molecular formula is C18H29N3O3. The Morgan fingerprint density at radius 2 is 2.08 bits per heavy atom. The quantitative estimate of drug-likeness (QED) is 0.584. The third-order valence-corrected chi connectivity index (χ3v) is 4.82. The zero-order valence-corrected chi connectivity index (χ0v) is 14.7. The van der Waals surface area contributed by atoms with E-state index >= 15 is 0 Å². The first-order chi connectivity index (χ1) is 11.5. The van der Waals surface area contributed by atoms with Crippen molar-refractivity contribution in [2.45, 2.75) is 31.8 Å². The van der Waals surface area contributed by atoms with E-state index in [1.807, 2.05) is 0 Å². The second kappa shape index (κ2) is 9.11. The van der Waals surface area contributed by atoms with Crippen molar-refractivity contribution in [3.8, 4) is 0 Å². The standard InChI is InChI=1S/C18H29N3O3/c1-19(2)10-4-5-15-8-11-20(12-9-15)14-18(22)16-6-3-7-17(13-16)21(23)24/h3,6-7,13,15,18,22H,4-5,8-12,14H2,1-2H3. The molecule has 1 saturated heterocycles. The zero-order valence-electron chi connectivity index (χ0n) is 14.7. The monoisotopic (exact) mass is 335 g/mol. The van der Waals surface area contributed by atoms with Crippen LogP contribution in [0, 0.1) is 16.0 Å². The van der Waals surface area contributed by atoms with Gasteiger partial charge < -0.3 is 14.9 Å². The van der Waals surface area contributed by atoms with Crippen LogP contribution in [0.2, 0.25) is 0 Å². The molecule has 0 radical (unpaired) electrons. The molecule has 0 aliphatic carbocycles. The Morgan fingerprint density at radius 1 is 1.38 bits per heavy atom. The number of non-ortho nitro benzene ring substituents is 1. The summed E-state index contributed by atoms with van der Waals surface area (Å²) in [6.07, 6.45) is 4.20. The van der Waals surface area contributed by atoms with Gasteiger partial charge in [-0.25, -0.2) is 0 Å². The molecule has 1 atom stereocenters. The molecule has 1 unspecified atom stereocenters. The second-order valence-electron chi connectivity index (χ2n) is 7.06. The molecule has 134 valence electrons. The highest BCUT2D eigenvalue weighted by Crippen LogP contribution is 2.25. The van der Waals surface area contributed by atoms with Gasteiger partial charge in [0.25, 0.3) is 5.69 Å². The first-order valence-corrected chi connectivity index (χ1v) is 8.75. The predicted octanol–water partition coefficient (Wildman–Crippen LogP) is 2.68. The van der Waals surface area contributed by atoms with Gasteiger partial charge >= 0.3 is 0 Å². The van der Waals surface area contributed by atoms with Crippen LogP contribution < -0.4 is 0 Å². The van der Waals surface area contributed by atoms with Gasteiger partial charge in [0.05, 0.1) is 11.0 Å². The van der Waals surface area contributed by atoms with Crippen LogP contribution in [0.15, 0.2) is 24.3 Å². The number of hydrogen-bond acceptors (Lipinski definition) is 5. The maximum atomic E-state index is 10.8. The van der Waals surface area contributed by atoms with Crippen molar-refractivity contribution < 1.29 is 10.0 Å². The van der Waals surface area contributed by atoms with Crippen LogP contribution in [0.1, 0.15) is 37.4 Å². The van der Waals surface area contributed by atoms with Gasteiger partial charge in [-0.1, -0.05) is 12.1 Å². The first kappa shape index (κ1) is 18.8. The number of nitro benzene ring substituents is 1. The van der Waals surface area contributed by atoms with E-state index in [0.29, 0.717) is 12.1 Å². The summed E-state index contributed by atoms with van der Waals surface area (Å²) in [5.74, 6) is 0.788. The summed E-state index contributed by atoms with van der Waals surface area (Å²) in [5, 5.41) is 21.2. The highest BCUT2D eigenvalue weighted by Gasteiger charge is 2.22. The Kier molecular flexibility index (Phi) is 7.15. The van der Waals surface area contributed by atoms with Gasteiger partial charge in [0.1, 0.15) is 0 Å². The number of likely N-dealkylation sites (tertiary alicyclic amines) is 1. The lowest BCUT2D eigenvalue weighted by molar-refractivity contribution is -0.385. The van der Waals surface area contributed by atoms with Crippen LogP contribution in [0.4, 0.5) is 5.69 Å². The van der Waals surface area contributed by atoms with E-state index in [1.165, 1.54) is 37.8 Å². The van der Waals surface area contributed by atoms with Crippen LogP contribution in [0.5, 0.6) is 0 Å². The molecule has 6 nitrogen and oxygen atoms in total. The molecule has 1 N–H and O–H groups in total. The molecule has 1 heterocycles. The summed E-state index contributed by atoms with van der Waals surface area (Å²) in [6.45, 7) is 3.69. The number of piperidine rings is 1. The number of benzene rings is 1. The number of rotatable bonds is 8. The summed E-state index contributed by atoms with van der Waals surface area (Å²) in [6, 6.07) is 6.31. The maximum absolute atomic E-state index is 10.8. The smallest absolute Gasteiger partial charge is 0.269 e. The molecule has 1 fully saturated rings. The van der Waals surface area contributed by atoms with Crippen LogP contribution in [-0.2, 0) is 0 Å². The van der Waals surface area contributed by atoms with Crippen molar-refractivity contribution in [2.24, 2.45) is 5.92 Å². The number of nitro groups is 1. The molecule has 1 aromatic carbocycles. The van der Waals surface area contributed by atoms with E-state index < -0.39 is 11.0 Å². The topological polar surface area (TPSA) is 69.8 Å². The normalized spacial score (nSPS) is 18.0. The largest absolute Gasteiger partial charge is 0.387 e. The first-order valence-electron chi connectivity index (χ1n) is 8.75. The SMILES string of the molecule is CN(C)CCCC1CCN(CC(O)c2cccc([N+](=O)[O-])c2)CC1. The lowest BCUT2D eigenvalue weighted by atomic mass is 9.92. The van der Waals surface area contributed by atoms with Crippen molar-refractivity contribution in [1.29, 1.82) is 0 Å². The Balaban J connectivity index is 1.77. The fourth-order valence-corrected chi connectivity index (χ4v) is 3.35. The summed E-state index contributed by atoms with van der Waals surface area (Å²) >= 11 is 0. The van der Waals surface area contributed by atoms with Crippen molar-refractivity contribution in [3.05, 3.63) is 39.9 Å². The van der Waals surface area contributed by atoms with E-state index in [-0.39, 0.29) is 5.69 Å². The highest BCUT2D eigenvalue weighted by atomic mass is 16.6. The Hall–Kier alpha value is -1.50. The summed E-state index contributed by atoms with van der Waals surface area (Å²) < 4.78 is 0. The van der Waals surface area contributed by atoms with Crippen molar-refractivity contribution in [3.63, 3.8) is 0 Å². The Labute approximate surface area is 144 Å². The molecule has 1 aliphatic rings. The minimum absolute atomic E-state index is 0.0335. The number of β-amino-alcohol motifs (C(OH)–C–C–N with tert-alkyl or cyclic N) is 1. The van der Waals surface area contributed by atoms with Gasteiger partial charge in [0.15, 0.2) is 0 Å².